The van der Waals surface area contributed by atoms with Crippen LogP contribution in [0.15, 0.2) is 30.3 Å². The molecule has 1 atom stereocenters. The van der Waals surface area contributed by atoms with Crippen LogP contribution in [0.1, 0.15) is 38.7 Å². The van der Waals surface area contributed by atoms with Crippen LogP contribution in [0.3, 0.4) is 0 Å². The van der Waals surface area contributed by atoms with Crippen molar-refractivity contribution in [3.05, 3.63) is 35.9 Å². The van der Waals surface area contributed by atoms with Crippen LogP contribution in [0, 0.1) is 5.41 Å². The molecule has 2 rings (SSSR count). The lowest BCUT2D eigenvalue weighted by atomic mass is 9.78. The summed E-state index contributed by atoms with van der Waals surface area (Å²) in [6.45, 7) is 6.26. The van der Waals surface area contributed by atoms with Gasteiger partial charge in [-0.05, 0) is 30.2 Å². The first-order valence-electron chi connectivity index (χ1n) is 7.62. The fraction of sp³-hybridized carbons (Fsp3) is 0.588. The van der Waals surface area contributed by atoms with E-state index in [9.17, 15) is 4.79 Å². The van der Waals surface area contributed by atoms with Gasteiger partial charge in [-0.15, -0.1) is 0 Å². The first-order valence-corrected chi connectivity index (χ1v) is 7.62. The second-order valence-electron chi connectivity index (χ2n) is 6.29. The van der Waals surface area contributed by atoms with Crippen LogP contribution in [-0.2, 0) is 11.2 Å². The van der Waals surface area contributed by atoms with Gasteiger partial charge in [0.25, 0.3) is 0 Å². The zero-order valence-corrected chi connectivity index (χ0v) is 12.6. The normalized spacial score (nSPS) is 19.6. The molecule has 20 heavy (non-hydrogen) atoms. The first kappa shape index (κ1) is 15.0. The number of piperidine rings is 1. The van der Waals surface area contributed by atoms with E-state index in [1.54, 1.807) is 0 Å². The van der Waals surface area contributed by atoms with Crippen molar-refractivity contribution in [3.8, 4) is 0 Å². The summed E-state index contributed by atoms with van der Waals surface area (Å²) in [5.74, 6) is 0.104. The Balaban J connectivity index is 1.89. The molecule has 0 spiro atoms. The third-order valence-corrected chi connectivity index (χ3v) is 4.75. The zero-order valence-electron chi connectivity index (χ0n) is 12.6. The lowest BCUT2D eigenvalue weighted by molar-refractivity contribution is -0.134. The maximum atomic E-state index is 12.4. The van der Waals surface area contributed by atoms with Crippen molar-refractivity contribution in [2.24, 2.45) is 11.1 Å². The standard InChI is InChI=1S/C17H26N2O/c1-3-17(2)9-11-19(12-10-17)16(20)15(18)13-14-7-5-4-6-8-14/h4-8,15H,3,9-13,18H2,1-2H3/t15-/m1/s1. The average Bonchev–Trinajstić information content (AvgIpc) is 2.48. The maximum absolute atomic E-state index is 12.4. The summed E-state index contributed by atoms with van der Waals surface area (Å²) in [7, 11) is 0. The minimum absolute atomic E-state index is 0.104. The van der Waals surface area contributed by atoms with Crippen LogP contribution in [0.2, 0.25) is 0 Å². The molecule has 0 aliphatic carbocycles. The van der Waals surface area contributed by atoms with Crippen molar-refractivity contribution < 1.29 is 4.79 Å². The van der Waals surface area contributed by atoms with Crippen molar-refractivity contribution in [1.29, 1.82) is 0 Å². The number of rotatable bonds is 4. The molecular formula is C17H26N2O. The molecule has 1 amide bonds. The number of nitrogens with zero attached hydrogens (tertiary/aromatic N) is 1. The number of carbonyl (C=O) groups is 1. The third-order valence-electron chi connectivity index (χ3n) is 4.75. The molecule has 0 unspecified atom stereocenters. The monoisotopic (exact) mass is 274 g/mol. The van der Waals surface area contributed by atoms with Crippen LogP contribution in [0.25, 0.3) is 0 Å². The Labute approximate surface area is 122 Å². The van der Waals surface area contributed by atoms with Gasteiger partial charge in [-0.3, -0.25) is 4.79 Å². The summed E-state index contributed by atoms with van der Waals surface area (Å²) >= 11 is 0. The van der Waals surface area contributed by atoms with Gasteiger partial charge < -0.3 is 10.6 Å². The summed E-state index contributed by atoms with van der Waals surface area (Å²) in [5, 5.41) is 0. The van der Waals surface area contributed by atoms with Gasteiger partial charge in [0.1, 0.15) is 0 Å². The number of carbonyl (C=O) groups excluding carboxylic acids is 1. The first-order chi connectivity index (χ1) is 9.54. The molecule has 1 heterocycles. The van der Waals surface area contributed by atoms with Crippen molar-refractivity contribution in [1.82, 2.24) is 4.90 Å². The quantitative estimate of drug-likeness (QED) is 0.917. The fourth-order valence-electron chi connectivity index (χ4n) is 2.81. The molecule has 3 nitrogen and oxygen atoms in total. The van der Waals surface area contributed by atoms with Gasteiger partial charge in [-0.25, -0.2) is 0 Å². The van der Waals surface area contributed by atoms with Gasteiger partial charge in [0.05, 0.1) is 6.04 Å². The second kappa shape index (κ2) is 6.40. The van der Waals surface area contributed by atoms with Crippen LogP contribution >= 0.6 is 0 Å². The smallest absolute Gasteiger partial charge is 0.239 e. The predicted molar refractivity (Wildman–Crippen MR) is 82.3 cm³/mol. The molecule has 0 bridgehead atoms. The molecular weight excluding hydrogens is 248 g/mol. The van der Waals surface area contributed by atoms with E-state index >= 15 is 0 Å². The summed E-state index contributed by atoms with van der Waals surface area (Å²) in [6.07, 6.45) is 3.99. The Hall–Kier alpha value is -1.35. The number of hydrogen-bond acceptors (Lipinski definition) is 2. The molecule has 0 aromatic heterocycles. The highest BCUT2D eigenvalue weighted by molar-refractivity contribution is 5.82. The van der Waals surface area contributed by atoms with Crippen molar-refractivity contribution in [2.45, 2.75) is 45.6 Å². The van der Waals surface area contributed by atoms with E-state index in [4.69, 9.17) is 5.73 Å². The molecule has 0 radical (unpaired) electrons. The van der Waals surface area contributed by atoms with Gasteiger partial charge in [-0.1, -0.05) is 50.6 Å². The van der Waals surface area contributed by atoms with E-state index < -0.39 is 6.04 Å². The van der Waals surface area contributed by atoms with E-state index in [0.717, 1.165) is 31.5 Å². The second-order valence-corrected chi connectivity index (χ2v) is 6.29. The summed E-state index contributed by atoms with van der Waals surface area (Å²) in [4.78, 5) is 14.4. The molecule has 2 N–H and O–H groups in total. The minimum atomic E-state index is -0.414. The van der Waals surface area contributed by atoms with Crippen LogP contribution < -0.4 is 5.73 Å². The van der Waals surface area contributed by atoms with Gasteiger partial charge in [0, 0.05) is 13.1 Å². The van der Waals surface area contributed by atoms with E-state index in [2.05, 4.69) is 13.8 Å². The number of hydrogen-bond donors (Lipinski definition) is 1. The van der Waals surface area contributed by atoms with Crippen LogP contribution in [0.4, 0.5) is 0 Å². The van der Waals surface area contributed by atoms with Crippen molar-refractivity contribution in [3.63, 3.8) is 0 Å². The molecule has 1 aliphatic rings. The number of likely N-dealkylation sites (tertiary alicyclic amines) is 1. The van der Waals surface area contributed by atoms with E-state index in [0.29, 0.717) is 11.8 Å². The Morgan fingerprint density at radius 1 is 1.30 bits per heavy atom. The van der Waals surface area contributed by atoms with Crippen molar-refractivity contribution >= 4 is 5.91 Å². The largest absolute Gasteiger partial charge is 0.341 e. The molecule has 0 saturated carbocycles. The highest BCUT2D eigenvalue weighted by Gasteiger charge is 2.31. The Kier molecular flexibility index (Phi) is 4.81. The van der Waals surface area contributed by atoms with Gasteiger partial charge >= 0.3 is 0 Å². The predicted octanol–water partition coefficient (Wildman–Crippen LogP) is 2.60. The summed E-state index contributed by atoms with van der Waals surface area (Å²) in [5.41, 5.74) is 7.62. The van der Waals surface area contributed by atoms with E-state index in [1.165, 1.54) is 6.42 Å². The maximum Gasteiger partial charge on any atom is 0.239 e. The topological polar surface area (TPSA) is 46.3 Å². The Morgan fingerprint density at radius 2 is 1.90 bits per heavy atom. The molecule has 3 heteroatoms. The SMILES string of the molecule is CCC1(C)CCN(C(=O)[C@H](N)Cc2ccccc2)CC1. The summed E-state index contributed by atoms with van der Waals surface area (Å²) < 4.78 is 0. The molecule has 1 aliphatic heterocycles. The Bertz CT molecular complexity index is 436. The fourth-order valence-corrected chi connectivity index (χ4v) is 2.81. The molecule has 110 valence electrons. The number of benzene rings is 1. The zero-order chi connectivity index (χ0) is 14.6. The molecule has 1 saturated heterocycles. The number of amides is 1. The third kappa shape index (κ3) is 3.60. The Morgan fingerprint density at radius 3 is 2.45 bits per heavy atom. The van der Waals surface area contributed by atoms with Crippen LogP contribution in [-0.4, -0.2) is 29.9 Å². The highest BCUT2D eigenvalue weighted by Crippen LogP contribution is 2.34. The van der Waals surface area contributed by atoms with Crippen LogP contribution in [0.5, 0.6) is 0 Å². The van der Waals surface area contributed by atoms with E-state index in [1.807, 2.05) is 35.2 Å². The molecule has 1 aromatic carbocycles. The lowest BCUT2D eigenvalue weighted by Gasteiger charge is -2.39. The van der Waals surface area contributed by atoms with E-state index in [-0.39, 0.29) is 5.91 Å². The molecule has 1 aromatic rings. The van der Waals surface area contributed by atoms with Gasteiger partial charge in [0.15, 0.2) is 0 Å². The van der Waals surface area contributed by atoms with Gasteiger partial charge in [0.2, 0.25) is 5.91 Å². The lowest BCUT2D eigenvalue weighted by Crippen LogP contribution is -2.49. The summed E-state index contributed by atoms with van der Waals surface area (Å²) in [6, 6.07) is 9.59. The van der Waals surface area contributed by atoms with Gasteiger partial charge in [-0.2, -0.15) is 0 Å². The minimum Gasteiger partial charge on any atom is -0.341 e. The highest BCUT2D eigenvalue weighted by atomic mass is 16.2. The molecule has 1 fully saturated rings. The average molecular weight is 274 g/mol. The number of nitrogens with two attached hydrogens (primary N) is 1. The van der Waals surface area contributed by atoms with Crippen molar-refractivity contribution in [2.75, 3.05) is 13.1 Å².